The molecule has 0 aliphatic carbocycles. The second kappa shape index (κ2) is 12.0. The second-order valence-corrected chi connectivity index (χ2v) is 10.1. The molecule has 3 aromatic rings. The van der Waals surface area contributed by atoms with Gasteiger partial charge >= 0.3 is 12.4 Å². The van der Waals surface area contributed by atoms with Crippen LogP contribution >= 0.6 is 11.6 Å². The van der Waals surface area contributed by atoms with Crippen molar-refractivity contribution in [1.29, 1.82) is 0 Å². The van der Waals surface area contributed by atoms with Gasteiger partial charge in [-0.1, -0.05) is 29.8 Å². The van der Waals surface area contributed by atoms with E-state index in [0.717, 1.165) is 11.3 Å². The first-order valence-corrected chi connectivity index (χ1v) is 13.1. The number of nitrogens with one attached hydrogen (secondary N) is 2. The summed E-state index contributed by atoms with van der Waals surface area (Å²) < 4.78 is 80.7. The molecule has 2 N–H and O–H groups in total. The predicted octanol–water partition coefficient (Wildman–Crippen LogP) is 6.72. The second-order valence-electron chi connectivity index (χ2n) is 9.71. The van der Waals surface area contributed by atoms with Crippen LogP contribution in [-0.2, 0) is 17.1 Å². The van der Waals surface area contributed by atoms with Crippen molar-refractivity contribution in [3.05, 3.63) is 87.9 Å². The molecule has 3 amide bonds. The van der Waals surface area contributed by atoms with Crippen LogP contribution in [0.25, 0.3) is 11.1 Å². The number of rotatable bonds is 5. The molecule has 1 saturated heterocycles. The normalized spacial score (nSPS) is 15.9. The van der Waals surface area contributed by atoms with Crippen LogP contribution in [0.3, 0.4) is 0 Å². The Bertz CT molecular complexity index is 1470. The molecule has 222 valence electrons. The molecule has 13 heteroatoms. The van der Waals surface area contributed by atoms with Gasteiger partial charge in [0.15, 0.2) is 0 Å². The molecular formula is C29H24ClF6N3O3. The molecule has 1 fully saturated rings. The molecule has 0 radical (unpaired) electrons. The topological polar surface area (TPSA) is 78.5 Å². The monoisotopic (exact) mass is 611 g/mol. The molecule has 3 aromatic carbocycles. The molecule has 1 aliphatic rings. The molecule has 0 aromatic heterocycles. The highest BCUT2D eigenvalue weighted by Crippen LogP contribution is 2.38. The fourth-order valence-corrected chi connectivity index (χ4v) is 4.65. The van der Waals surface area contributed by atoms with Crippen LogP contribution in [-0.4, -0.2) is 37.4 Å². The maximum absolute atomic E-state index is 13.5. The molecule has 1 aliphatic heterocycles. The van der Waals surface area contributed by atoms with E-state index in [1.807, 2.05) is 0 Å². The molecule has 4 rings (SSSR count). The number of anilines is 1. The molecule has 0 saturated carbocycles. The van der Waals surface area contributed by atoms with Gasteiger partial charge in [0.25, 0.3) is 11.8 Å². The van der Waals surface area contributed by atoms with E-state index in [2.05, 4.69) is 10.6 Å². The van der Waals surface area contributed by atoms with E-state index in [4.69, 9.17) is 11.6 Å². The number of alkyl halides is 6. The summed E-state index contributed by atoms with van der Waals surface area (Å²) in [6, 6.07) is 10.3. The lowest BCUT2D eigenvalue weighted by molar-refractivity contribution is -0.143. The van der Waals surface area contributed by atoms with Crippen molar-refractivity contribution in [3.8, 4) is 11.1 Å². The van der Waals surface area contributed by atoms with Crippen LogP contribution in [0.15, 0.2) is 60.7 Å². The third-order valence-electron chi connectivity index (χ3n) is 6.76. The van der Waals surface area contributed by atoms with Crippen molar-refractivity contribution in [3.63, 3.8) is 0 Å². The minimum Gasteiger partial charge on any atom is -0.354 e. The molecular weight excluding hydrogens is 588 g/mol. The first-order valence-electron chi connectivity index (χ1n) is 12.7. The average molecular weight is 612 g/mol. The SMILES string of the molecule is CN(C(=O)c1cc(C(F)(F)F)cc(C(F)(F)F)c1)c1cc(C(=O)N[C@@H]2CCCCNC2=O)ccc1-c1ccc(Cl)cc1. The zero-order valence-corrected chi connectivity index (χ0v) is 22.8. The zero-order valence-electron chi connectivity index (χ0n) is 22.0. The summed E-state index contributed by atoms with van der Waals surface area (Å²) in [5, 5.41) is 5.74. The Balaban J connectivity index is 1.77. The largest absolute Gasteiger partial charge is 0.416 e. The van der Waals surface area contributed by atoms with Gasteiger partial charge in [-0.25, -0.2) is 0 Å². The van der Waals surface area contributed by atoms with Gasteiger partial charge in [0, 0.05) is 35.3 Å². The first-order chi connectivity index (χ1) is 19.6. The van der Waals surface area contributed by atoms with Gasteiger partial charge < -0.3 is 15.5 Å². The Kier molecular flexibility index (Phi) is 8.86. The van der Waals surface area contributed by atoms with E-state index >= 15 is 0 Å². The van der Waals surface area contributed by atoms with Crippen molar-refractivity contribution in [2.75, 3.05) is 18.5 Å². The Morgan fingerprint density at radius 3 is 2.10 bits per heavy atom. The number of hydrogen-bond acceptors (Lipinski definition) is 3. The maximum atomic E-state index is 13.5. The summed E-state index contributed by atoms with van der Waals surface area (Å²) in [4.78, 5) is 39.7. The standard InChI is InChI=1S/C29H24ClF6N3O3/c1-39(27(42)18-12-19(28(31,32)33)15-20(13-18)29(34,35)36)24-14-17(7-10-22(24)16-5-8-21(30)9-6-16)25(40)38-23-4-2-3-11-37-26(23)41/h5-10,12-15,23H,2-4,11H2,1H3,(H,37,41)(H,38,40)/t23-/m1/s1. The summed E-state index contributed by atoms with van der Waals surface area (Å²) in [7, 11) is 1.17. The van der Waals surface area contributed by atoms with Crippen molar-refractivity contribution in [1.82, 2.24) is 10.6 Å². The quantitative estimate of drug-likeness (QED) is 0.315. The highest BCUT2D eigenvalue weighted by atomic mass is 35.5. The first kappa shape index (κ1) is 30.9. The van der Waals surface area contributed by atoms with Gasteiger partial charge in [-0.05, 0) is 67.3 Å². The van der Waals surface area contributed by atoms with E-state index in [-0.39, 0.29) is 23.2 Å². The number of carbonyl (C=O) groups excluding carboxylic acids is 3. The van der Waals surface area contributed by atoms with Crippen LogP contribution in [0.2, 0.25) is 5.02 Å². The van der Waals surface area contributed by atoms with Gasteiger partial charge in [-0.2, -0.15) is 26.3 Å². The molecule has 1 atom stereocenters. The average Bonchev–Trinajstić information content (AvgIpc) is 3.14. The molecule has 0 bridgehead atoms. The number of carbonyl (C=O) groups is 3. The highest BCUT2D eigenvalue weighted by molar-refractivity contribution is 6.30. The van der Waals surface area contributed by atoms with Crippen LogP contribution in [0.4, 0.5) is 32.0 Å². The van der Waals surface area contributed by atoms with Gasteiger partial charge in [0.2, 0.25) is 5.91 Å². The molecule has 0 unspecified atom stereocenters. The summed E-state index contributed by atoms with van der Waals surface area (Å²) >= 11 is 5.98. The third-order valence-corrected chi connectivity index (χ3v) is 7.01. The van der Waals surface area contributed by atoms with Crippen molar-refractivity contribution >= 4 is 35.0 Å². The molecule has 0 spiro atoms. The fourth-order valence-electron chi connectivity index (χ4n) is 4.52. The van der Waals surface area contributed by atoms with Crippen LogP contribution in [0.1, 0.15) is 51.1 Å². The van der Waals surface area contributed by atoms with Gasteiger partial charge in [-0.3, -0.25) is 14.4 Å². The van der Waals surface area contributed by atoms with Gasteiger partial charge in [0.05, 0.1) is 16.8 Å². The lowest BCUT2D eigenvalue weighted by Crippen LogP contribution is -2.45. The third kappa shape index (κ3) is 7.04. The summed E-state index contributed by atoms with van der Waals surface area (Å²) in [5.74, 6) is -2.18. The van der Waals surface area contributed by atoms with E-state index in [0.29, 0.717) is 47.7 Å². The Morgan fingerprint density at radius 1 is 0.881 bits per heavy atom. The van der Waals surface area contributed by atoms with Crippen molar-refractivity contribution in [2.24, 2.45) is 0 Å². The predicted molar refractivity (Wildman–Crippen MR) is 144 cm³/mol. The molecule has 42 heavy (non-hydrogen) atoms. The van der Waals surface area contributed by atoms with E-state index in [1.54, 1.807) is 24.3 Å². The minimum atomic E-state index is -5.15. The summed E-state index contributed by atoms with van der Waals surface area (Å²) in [5.41, 5.74) is -3.25. The summed E-state index contributed by atoms with van der Waals surface area (Å²) in [6.45, 7) is 0.476. The Morgan fingerprint density at radius 2 is 1.50 bits per heavy atom. The smallest absolute Gasteiger partial charge is 0.354 e. The van der Waals surface area contributed by atoms with Crippen LogP contribution < -0.4 is 15.5 Å². The molecule has 6 nitrogen and oxygen atoms in total. The van der Waals surface area contributed by atoms with E-state index in [9.17, 15) is 40.7 Å². The minimum absolute atomic E-state index is 0.0134. The highest BCUT2D eigenvalue weighted by Gasteiger charge is 2.38. The maximum Gasteiger partial charge on any atom is 0.416 e. The lowest BCUT2D eigenvalue weighted by Gasteiger charge is -2.23. The van der Waals surface area contributed by atoms with E-state index < -0.39 is 46.9 Å². The summed E-state index contributed by atoms with van der Waals surface area (Å²) in [6.07, 6.45) is -8.45. The molecule has 1 heterocycles. The number of nitrogens with zero attached hydrogens (tertiary/aromatic N) is 1. The van der Waals surface area contributed by atoms with Gasteiger partial charge in [0.1, 0.15) is 6.04 Å². The van der Waals surface area contributed by atoms with Crippen molar-refractivity contribution in [2.45, 2.75) is 37.7 Å². The number of benzene rings is 3. The lowest BCUT2D eigenvalue weighted by atomic mass is 9.99. The van der Waals surface area contributed by atoms with Gasteiger partial charge in [-0.15, -0.1) is 0 Å². The van der Waals surface area contributed by atoms with Crippen LogP contribution in [0, 0.1) is 0 Å². The Labute approximate surface area is 241 Å². The number of halogens is 7. The van der Waals surface area contributed by atoms with E-state index in [1.165, 1.54) is 25.2 Å². The zero-order chi connectivity index (χ0) is 30.8. The number of hydrogen-bond donors (Lipinski definition) is 2. The van der Waals surface area contributed by atoms with Crippen molar-refractivity contribution < 1.29 is 40.7 Å². The fraction of sp³-hybridized carbons (Fsp3) is 0.276. The van der Waals surface area contributed by atoms with Crippen LogP contribution in [0.5, 0.6) is 0 Å². The number of amides is 3. The Hall–Kier alpha value is -4.06.